The molecule has 1 aromatic heterocycles. The molecule has 4 aliphatic heterocycles. The van der Waals surface area contributed by atoms with E-state index in [0.717, 1.165) is 0 Å². The van der Waals surface area contributed by atoms with Gasteiger partial charge in [0.15, 0.2) is 12.3 Å². The molecule has 6 rings (SSSR count). The van der Waals surface area contributed by atoms with Gasteiger partial charge in [0.25, 0.3) is 5.91 Å². The molecule has 3 saturated heterocycles. The van der Waals surface area contributed by atoms with E-state index in [0.29, 0.717) is 5.82 Å². The van der Waals surface area contributed by atoms with Crippen molar-refractivity contribution in [3.8, 4) is 0 Å². The normalized spacial score (nSPS) is 45.7. The number of phosphoric acid groups is 2. The molecule has 12 atom stereocenters. The molecule has 5 heterocycles. The van der Waals surface area contributed by atoms with Crippen LogP contribution in [0.15, 0.2) is 17.4 Å². The number of nitrogen functional groups attached to an aromatic ring is 1. The number of hydrogen-bond acceptors (Lipinski definition) is 17. The second-order valence-corrected chi connectivity index (χ2v) is 13.3. The molecule has 2 bridgehead atoms. The fraction of sp³-hybridized carbons (Fsp3) is 0.700. The van der Waals surface area contributed by atoms with E-state index >= 15 is 0 Å². The number of carbonyl (C=O) groups is 1. The Hall–Kier alpha value is -2.32. The standard InChI is InChI=1S/C20H31N9O11P2/c21-12-3-13(24-6-23-12)26-9-1-8-4-36-42(34,35)40-16-15(30)11(5-37-41(32,33)39-10(8)2-9)38-19(16)29-7-25-14-17(29)27-20(22)28-18(14)31/h3,6-11,14-17,19-20,27,30H,1-2,4-5,22H2,(H,28,31)(H,32,33)(H,34,35)(H3,21,23,24,26)/t8-,9-,10+,11-,14?,15-,16-,17?,19-,20?/m1/s1. The summed E-state index contributed by atoms with van der Waals surface area (Å²) in [6.07, 6.45) is -5.51. The lowest BCUT2D eigenvalue weighted by atomic mass is 10.1. The zero-order valence-electron chi connectivity index (χ0n) is 21.8. The number of nitrogens with zero attached hydrogens (tertiary/aromatic N) is 4. The minimum Gasteiger partial charge on any atom is -0.387 e. The van der Waals surface area contributed by atoms with Gasteiger partial charge >= 0.3 is 15.6 Å². The molecule has 5 aliphatic rings. The molecule has 1 aromatic rings. The Kier molecular flexibility index (Phi) is 8.01. The number of aliphatic hydroxyl groups is 1. The summed E-state index contributed by atoms with van der Waals surface area (Å²) in [5, 5.41) is 19.5. The van der Waals surface area contributed by atoms with Crippen LogP contribution in [0.2, 0.25) is 0 Å². The summed E-state index contributed by atoms with van der Waals surface area (Å²) in [4.78, 5) is 47.0. The van der Waals surface area contributed by atoms with Crippen molar-refractivity contribution in [2.45, 2.75) is 68.0 Å². The molecule has 1 saturated carbocycles. The van der Waals surface area contributed by atoms with Crippen LogP contribution in [0.3, 0.4) is 0 Å². The number of nitrogens with two attached hydrogens (primary N) is 2. The summed E-state index contributed by atoms with van der Waals surface area (Å²) >= 11 is 0. The molecular formula is C20H31N9O11P2. The van der Waals surface area contributed by atoms with Crippen molar-refractivity contribution in [1.82, 2.24) is 25.5 Å². The first-order valence-corrected chi connectivity index (χ1v) is 16.0. The summed E-state index contributed by atoms with van der Waals surface area (Å²) in [7, 11) is -9.60. The van der Waals surface area contributed by atoms with Gasteiger partial charge in [-0.15, -0.1) is 0 Å². The van der Waals surface area contributed by atoms with Crippen LogP contribution < -0.4 is 27.4 Å². The lowest BCUT2D eigenvalue weighted by Gasteiger charge is -2.39. The first-order chi connectivity index (χ1) is 19.9. The fourth-order valence-corrected chi connectivity index (χ4v) is 7.64. The Morgan fingerprint density at radius 1 is 1.10 bits per heavy atom. The molecule has 22 heteroatoms. The number of anilines is 2. The highest BCUT2D eigenvalue weighted by Crippen LogP contribution is 2.53. The van der Waals surface area contributed by atoms with Crippen molar-refractivity contribution >= 4 is 39.5 Å². The number of carbonyl (C=O) groups excluding carboxylic acids is 1. The van der Waals surface area contributed by atoms with E-state index < -0.39 is 89.8 Å². The number of rotatable bonds is 3. The predicted octanol–water partition coefficient (Wildman–Crippen LogP) is -2.65. The van der Waals surface area contributed by atoms with Crippen LogP contribution in [-0.2, 0) is 36.8 Å². The first kappa shape index (κ1) is 29.7. The summed E-state index contributed by atoms with van der Waals surface area (Å²) < 4.78 is 53.3. The number of aromatic nitrogens is 2. The maximum absolute atomic E-state index is 13.1. The molecule has 4 fully saturated rings. The second kappa shape index (κ2) is 11.3. The largest absolute Gasteiger partial charge is 0.472 e. The first-order valence-electron chi connectivity index (χ1n) is 13.0. The molecule has 42 heavy (non-hydrogen) atoms. The zero-order valence-corrected chi connectivity index (χ0v) is 23.6. The highest BCUT2D eigenvalue weighted by atomic mass is 31.2. The van der Waals surface area contributed by atoms with Crippen molar-refractivity contribution < 1.29 is 51.6 Å². The minimum atomic E-state index is -4.87. The summed E-state index contributed by atoms with van der Waals surface area (Å²) in [5.41, 5.74) is 11.5. The number of aliphatic hydroxyl groups excluding tert-OH is 1. The van der Waals surface area contributed by atoms with Gasteiger partial charge in [-0.2, -0.15) is 0 Å². The van der Waals surface area contributed by atoms with Gasteiger partial charge in [0.05, 0.1) is 25.7 Å². The number of fused-ring (bicyclic) bond motifs is 4. The maximum Gasteiger partial charge on any atom is 0.472 e. The fourth-order valence-electron chi connectivity index (χ4n) is 5.66. The van der Waals surface area contributed by atoms with E-state index in [-0.39, 0.29) is 24.7 Å². The Bertz CT molecular complexity index is 1330. The Labute approximate surface area is 238 Å². The van der Waals surface area contributed by atoms with E-state index in [9.17, 15) is 28.8 Å². The number of ether oxygens (including phenoxy) is 1. The average Bonchev–Trinajstić information content (AvgIpc) is 3.57. The van der Waals surface area contributed by atoms with Crippen molar-refractivity contribution in [2.24, 2.45) is 16.6 Å². The van der Waals surface area contributed by atoms with E-state index in [4.69, 9.17) is 34.3 Å². The van der Waals surface area contributed by atoms with Gasteiger partial charge in [-0.1, -0.05) is 0 Å². The molecule has 5 unspecified atom stereocenters. The van der Waals surface area contributed by atoms with Crippen molar-refractivity contribution in [2.75, 3.05) is 24.3 Å². The monoisotopic (exact) mass is 635 g/mol. The molecule has 20 nitrogen and oxygen atoms in total. The lowest BCUT2D eigenvalue weighted by Crippen LogP contribution is -2.70. The van der Waals surface area contributed by atoms with Gasteiger partial charge in [-0.25, -0.2) is 19.1 Å². The number of amides is 1. The Balaban J connectivity index is 1.21. The molecule has 10 N–H and O–H groups in total. The van der Waals surface area contributed by atoms with Crippen LogP contribution in [0.1, 0.15) is 12.8 Å². The van der Waals surface area contributed by atoms with Gasteiger partial charge in [0.2, 0.25) is 0 Å². The van der Waals surface area contributed by atoms with Gasteiger partial charge in [-0.05, 0) is 12.8 Å². The third-order valence-electron chi connectivity index (χ3n) is 7.55. The predicted molar refractivity (Wildman–Crippen MR) is 140 cm³/mol. The van der Waals surface area contributed by atoms with Crippen LogP contribution in [-0.4, -0.2) is 110 Å². The number of aliphatic imine (C=N–C) groups is 1. The zero-order chi connectivity index (χ0) is 29.8. The van der Waals surface area contributed by atoms with Crippen LogP contribution in [0.25, 0.3) is 0 Å². The Morgan fingerprint density at radius 3 is 2.64 bits per heavy atom. The summed E-state index contributed by atoms with van der Waals surface area (Å²) in [6, 6.07) is 0.231. The van der Waals surface area contributed by atoms with Gasteiger partial charge in [-0.3, -0.25) is 38.9 Å². The van der Waals surface area contributed by atoms with E-state index in [1.54, 1.807) is 0 Å². The topological polar surface area (TPSA) is 288 Å². The van der Waals surface area contributed by atoms with E-state index in [1.165, 1.54) is 23.6 Å². The second-order valence-electron chi connectivity index (χ2n) is 10.5. The number of hydrogen-bond donors (Lipinski definition) is 8. The quantitative estimate of drug-likeness (QED) is 0.157. The van der Waals surface area contributed by atoms with Crippen LogP contribution >= 0.6 is 15.6 Å². The SMILES string of the molecule is Nc1cc(N[C@@H]2C[C@@H]3COP(=O)(O)O[C@@H]4[C@H](O)[C@@H](COP(=O)(O)O[C@H]3C2)O[C@H]4N2C=NC3C(=O)NC(N)NC32)ncn1. The molecule has 1 amide bonds. The van der Waals surface area contributed by atoms with Crippen LogP contribution in [0.4, 0.5) is 11.6 Å². The van der Waals surface area contributed by atoms with Crippen LogP contribution in [0.5, 0.6) is 0 Å². The highest BCUT2D eigenvalue weighted by Gasteiger charge is 2.55. The van der Waals surface area contributed by atoms with E-state index in [1.807, 2.05) is 0 Å². The van der Waals surface area contributed by atoms with Crippen molar-refractivity contribution in [3.05, 3.63) is 12.4 Å². The Morgan fingerprint density at radius 2 is 1.86 bits per heavy atom. The summed E-state index contributed by atoms with van der Waals surface area (Å²) in [6.45, 7) is -1.06. The van der Waals surface area contributed by atoms with Crippen LogP contribution in [0, 0.1) is 5.92 Å². The minimum absolute atomic E-state index is 0.190. The smallest absolute Gasteiger partial charge is 0.387 e. The number of phosphoric ester groups is 2. The molecule has 0 aromatic carbocycles. The van der Waals surface area contributed by atoms with Crippen molar-refractivity contribution in [3.63, 3.8) is 0 Å². The molecule has 0 radical (unpaired) electrons. The number of nitrogens with one attached hydrogen (secondary N) is 3. The summed E-state index contributed by atoms with van der Waals surface area (Å²) in [5.74, 6) is -0.478. The van der Waals surface area contributed by atoms with E-state index in [2.05, 4.69) is 30.9 Å². The maximum atomic E-state index is 13.1. The molecular weight excluding hydrogens is 604 g/mol. The average molecular weight is 635 g/mol. The van der Waals surface area contributed by atoms with Gasteiger partial charge in [0.1, 0.15) is 48.7 Å². The highest BCUT2D eigenvalue weighted by molar-refractivity contribution is 7.47. The molecule has 1 aliphatic carbocycles. The van der Waals surface area contributed by atoms with Gasteiger partial charge < -0.3 is 40.9 Å². The third-order valence-corrected chi connectivity index (χ3v) is 9.55. The third kappa shape index (κ3) is 6.17. The van der Waals surface area contributed by atoms with Crippen molar-refractivity contribution in [1.29, 1.82) is 0 Å². The molecule has 232 valence electrons. The lowest BCUT2D eigenvalue weighted by molar-refractivity contribution is -0.130. The molecule has 0 spiro atoms. The van der Waals surface area contributed by atoms with Gasteiger partial charge in [0, 0.05) is 18.0 Å².